The van der Waals surface area contributed by atoms with Crippen molar-refractivity contribution in [3.63, 3.8) is 0 Å². The molecule has 0 saturated heterocycles. The SMILES string of the molecule is CC1CC1c1noc(-c2cn[nH]c2C#N)n1. The smallest absolute Gasteiger partial charge is 0.262 e. The van der Waals surface area contributed by atoms with E-state index in [-0.39, 0.29) is 0 Å². The topological polar surface area (TPSA) is 91.4 Å². The lowest BCUT2D eigenvalue weighted by Gasteiger charge is -1.86. The fourth-order valence-electron chi connectivity index (χ4n) is 1.71. The van der Waals surface area contributed by atoms with Gasteiger partial charge < -0.3 is 4.52 Å². The Kier molecular flexibility index (Phi) is 1.80. The summed E-state index contributed by atoms with van der Waals surface area (Å²) in [5, 5.41) is 19.1. The first kappa shape index (κ1) is 9.09. The van der Waals surface area contributed by atoms with E-state index in [9.17, 15) is 0 Å². The Balaban J connectivity index is 1.96. The molecule has 0 amide bonds. The van der Waals surface area contributed by atoms with Crippen molar-refractivity contribution in [1.82, 2.24) is 20.3 Å². The van der Waals surface area contributed by atoms with Crippen molar-refractivity contribution in [1.29, 1.82) is 5.26 Å². The van der Waals surface area contributed by atoms with Gasteiger partial charge in [-0.25, -0.2) is 0 Å². The maximum atomic E-state index is 8.83. The van der Waals surface area contributed by atoms with Gasteiger partial charge >= 0.3 is 0 Å². The van der Waals surface area contributed by atoms with E-state index < -0.39 is 0 Å². The van der Waals surface area contributed by atoms with E-state index >= 15 is 0 Å². The highest BCUT2D eigenvalue weighted by Crippen LogP contribution is 2.45. The first-order valence-electron chi connectivity index (χ1n) is 5.07. The van der Waals surface area contributed by atoms with Gasteiger partial charge in [0.25, 0.3) is 5.89 Å². The molecule has 1 N–H and O–H groups in total. The van der Waals surface area contributed by atoms with Crippen LogP contribution in [-0.4, -0.2) is 20.3 Å². The number of hydrogen-bond donors (Lipinski definition) is 1. The van der Waals surface area contributed by atoms with Crippen molar-refractivity contribution < 1.29 is 4.52 Å². The van der Waals surface area contributed by atoms with Gasteiger partial charge in [0.1, 0.15) is 11.8 Å². The molecular formula is C10H9N5O. The summed E-state index contributed by atoms with van der Waals surface area (Å²) in [4.78, 5) is 4.28. The van der Waals surface area contributed by atoms with Gasteiger partial charge in [-0.3, -0.25) is 5.10 Å². The van der Waals surface area contributed by atoms with E-state index in [0.29, 0.717) is 29.0 Å². The summed E-state index contributed by atoms with van der Waals surface area (Å²) in [7, 11) is 0. The van der Waals surface area contributed by atoms with Gasteiger partial charge in [-0.15, -0.1) is 0 Å². The molecule has 6 nitrogen and oxygen atoms in total. The number of hydrogen-bond acceptors (Lipinski definition) is 5. The fraction of sp³-hybridized carbons (Fsp3) is 0.400. The van der Waals surface area contributed by atoms with E-state index in [1.807, 2.05) is 6.07 Å². The summed E-state index contributed by atoms with van der Waals surface area (Å²) in [5.74, 6) is 2.13. The highest BCUT2D eigenvalue weighted by atomic mass is 16.5. The van der Waals surface area contributed by atoms with Crippen molar-refractivity contribution in [3.05, 3.63) is 17.7 Å². The number of H-pyrrole nitrogens is 1. The highest BCUT2D eigenvalue weighted by molar-refractivity contribution is 5.59. The summed E-state index contributed by atoms with van der Waals surface area (Å²) in [6, 6.07) is 1.99. The molecule has 0 spiro atoms. The van der Waals surface area contributed by atoms with Crippen LogP contribution >= 0.6 is 0 Å². The molecule has 16 heavy (non-hydrogen) atoms. The fourth-order valence-corrected chi connectivity index (χ4v) is 1.71. The average molecular weight is 215 g/mol. The van der Waals surface area contributed by atoms with Crippen LogP contribution in [0, 0.1) is 17.2 Å². The molecule has 2 atom stereocenters. The molecule has 2 aromatic heterocycles. The van der Waals surface area contributed by atoms with Crippen molar-refractivity contribution in [2.75, 3.05) is 0 Å². The second-order valence-corrected chi connectivity index (χ2v) is 4.05. The first-order valence-corrected chi connectivity index (χ1v) is 5.07. The minimum absolute atomic E-state index is 0.346. The third-order valence-electron chi connectivity index (χ3n) is 2.86. The summed E-state index contributed by atoms with van der Waals surface area (Å²) >= 11 is 0. The lowest BCUT2D eigenvalue weighted by Crippen LogP contribution is -1.85. The highest BCUT2D eigenvalue weighted by Gasteiger charge is 2.38. The van der Waals surface area contributed by atoms with Crippen molar-refractivity contribution >= 4 is 0 Å². The largest absolute Gasteiger partial charge is 0.334 e. The van der Waals surface area contributed by atoms with Crippen LogP contribution in [0.15, 0.2) is 10.7 Å². The first-order chi connectivity index (χ1) is 7.79. The Morgan fingerprint density at radius 2 is 2.44 bits per heavy atom. The molecule has 1 aliphatic carbocycles. The molecule has 0 aromatic carbocycles. The number of nitriles is 1. The molecule has 0 radical (unpaired) electrons. The Hall–Kier alpha value is -2.16. The number of aromatic nitrogens is 4. The van der Waals surface area contributed by atoms with Crippen molar-refractivity contribution in [2.24, 2.45) is 5.92 Å². The Labute approximate surface area is 91.3 Å². The predicted octanol–water partition coefficient (Wildman–Crippen LogP) is 1.45. The summed E-state index contributed by atoms with van der Waals surface area (Å²) in [6.07, 6.45) is 2.63. The third kappa shape index (κ3) is 1.29. The number of nitrogens with zero attached hydrogens (tertiary/aromatic N) is 4. The van der Waals surface area contributed by atoms with Gasteiger partial charge in [0, 0.05) is 5.92 Å². The van der Waals surface area contributed by atoms with Crippen LogP contribution in [0.5, 0.6) is 0 Å². The summed E-state index contributed by atoms with van der Waals surface area (Å²) < 4.78 is 5.13. The molecule has 0 bridgehead atoms. The van der Waals surface area contributed by atoms with Gasteiger partial charge in [-0.05, 0) is 12.3 Å². The molecule has 2 unspecified atom stereocenters. The minimum Gasteiger partial charge on any atom is -0.334 e. The Morgan fingerprint density at radius 3 is 3.12 bits per heavy atom. The second-order valence-electron chi connectivity index (χ2n) is 4.05. The van der Waals surface area contributed by atoms with Gasteiger partial charge in [0.2, 0.25) is 0 Å². The molecular weight excluding hydrogens is 206 g/mol. The molecule has 3 rings (SSSR count). The Bertz CT molecular complexity index is 564. The van der Waals surface area contributed by atoms with E-state index in [2.05, 4.69) is 27.3 Å². The normalized spacial score (nSPS) is 23.0. The number of aromatic amines is 1. The lowest BCUT2D eigenvalue weighted by atomic mass is 10.2. The van der Waals surface area contributed by atoms with Crippen molar-refractivity contribution in [3.8, 4) is 17.5 Å². The second kappa shape index (κ2) is 3.17. The Morgan fingerprint density at radius 1 is 1.62 bits per heavy atom. The lowest BCUT2D eigenvalue weighted by molar-refractivity contribution is 0.422. The predicted molar refractivity (Wildman–Crippen MR) is 53.1 cm³/mol. The maximum Gasteiger partial charge on any atom is 0.262 e. The van der Waals surface area contributed by atoms with Crippen LogP contribution in [-0.2, 0) is 0 Å². The monoisotopic (exact) mass is 215 g/mol. The molecule has 1 saturated carbocycles. The van der Waals surface area contributed by atoms with Crippen molar-refractivity contribution in [2.45, 2.75) is 19.3 Å². The van der Waals surface area contributed by atoms with Gasteiger partial charge in [0.05, 0.1) is 11.8 Å². The van der Waals surface area contributed by atoms with Crippen LogP contribution < -0.4 is 0 Å². The van der Waals surface area contributed by atoms with Crippen LogP contribution in [0.3, 0.4) is 0 Å². The zero-order chi connectivity index (χ0) is 11.1. The number of nitrogens with one attached hydrogen (secondary N) is 1. The van der Waals surface area contributed by atoms with Crippen LogP contribution in [0.2, 0.25) is 0 Å². The molecule has 80 valence electrons. The van der Waals surface area contributed by atoms with Gasteiger partial charge in [0.15, 0.2) is 5.82 Å². The third-order valence-corrected chi connectivity index (χ3v) is 2.86. The van der Waals surface area contributed by atoms with E-state index in [1.165, 1.54) is 6.20 Å². The minimum atomic E-state index is 0.346. The van der Waals surface area contributed by atoms with E-state index in [1.54, 1.807) is 0 Å². The molecule has 0 aliphatic heterocycles. The zero-order valence-electron chi connectivity index (χ0n) is 8.64. The van der Waals surface area contributed by atoms with Crippen LogP contribution in [0.25, 0.3) is 11.5 Å². The maximum absolute atomic E-state index is 8.83. The van der Waals surface area contributed by atoms with Gasteiger partial charge in [-0.2, -0.15) is 15.3 Å². The standard InChI is InChI=1S/C10H9N5O/c1-5-2-6(5)9-13-10(16-15-9)7-4-12-14-8(7)3-11/h4-6H,2H2,1H3,(H,12,14). The quantitative estimate of drug-likeness (QED) is 0.818. The number of rotatable bonds is 2. The molecule has 2 heterocycles. The average Bonchev–Trinajstić information content (AvgIpc) is 2.78. The molecule has 1 aliphatic rings. The molecule has 1 fully saturated rings. The zero-order valence-corrected chi connectivity index (χ0v) is 8.64. The summed E-state index contributed by atoms with van der Waals surface area (Å²) in [5.41, 5.74) is 0.911. The van der Waals surface area contributed by atoms with E-state index in [4.69, 9.17) is 9.78 Å². The van der Waals surface area contributed by atoms with E-state index in [0.717, 1.165) is 12.2 Å². The van der Waals surface area contributed by atoms with Gasteiger partial charge in [-0.1, -0.05) is 12.1 Å². The summed E-state index contributed by atoms with van der Waals surface area (Å²) in [6.45, 7) is 2.15. The van der Waals surface area contributed by atoms with Crippen LogP contribution in [0.1, 0.15) is 30.8 Å². The van der Waals surface area contributed by atoms with Crippen LogP contribution in [0.4, 0.5) is 0 Å². The molecule has 6 heteroatoms. The molecule has 2 aromatic rings.